The molecule has 1 aromatic rings. The van der Waals surface area contributed by atoms with Gasteiger partial charge in [-0.05, 0) is 40.0 Å². The lowest BCUT2D eigenvalue weighted by molar-refractivity contribution is 0.144. The molecule has 0 aromatic carbocycles. The first kappa shape index (κ1) is 19.9. The van der Waals surface area contributed by atoms with Crippen LogP contribution in [0.5, 0.6) is 0 Å². The number of ether oxygens (including phenoxy) is 1. The third kappa shape index (κ3) is 8.32. The molecule has 0 atom stereocenters. The zero-order valence-electron chi connectivity index (χ0n) is 15.1. The van der Waals surface area contributed by atoms with Crippen LogP contribution >= 0.6 is 11.3 Å². The Bertz CT molecular complexity index is 459. The summed E-state index contributed by atoms with van der Waals surface area (Å²) in [6, 6.07) is 0. The van der Waals surface area contributed by atoms with Gasteiger partial charge in [-0.3, -0.25) is 4.99 Å². The van der Waals surface area contributed by atoms with Crippen LogP contribution in [0.3, 0.4) is 0 Å². The molecule has 0 bridgehead atoms. The van der Waals surface area contributed by atoms with Crippen LogP contribution < -0.4 is 10.6 Å². The van der Waals surface area contributed by atoms with Crippen LogP contribution in [-0.2, 0) is 17.6 Å². The average molecular weight is 341 g/mol. The summed E-state index contributed by atoms with van der Waals surface area (Å²) in [5.41, 5.74) is 1.24. The second-order valence-corrected chi connectivity index (χ2v) is 6.59. The van der Waals surface area contributed by atoms with Crippen molar-refractivity contribution in [2.24, 2.45) is 4.99 Å². The molecule has 0 saturated carbocycles. The van der Waals surface area contributed by atoms with E-state index in [0.717, 1.165) is 64.5 Å². The van der Waals surface area contributed by atoms with Crippen molar-refractivity contribution >= 4 is 17.3 Å². The highest BCUT2D eigenvalue weighted by Gasteiger charge is 2.06. The molecule has 6 heteroatoms. The molecule has 23 heavy (non-hydrogen) atoms. The zero-order valence-corrected chi connectivity index (χ0v) is 15.9. The van der Waals surface area contributed by atoms with E-state index in [4.69, 9.17) is 4.74 Å². The van der Waals surface area contributed by atoms with Crippen molar-refractivity contribution in [2.75, 3.05) is 32.8 Å². The average Bonchev–Trinajstić information content (AvgIpc) is 2.90. The smallest absolute Gasteiger partial charge is 0.191 e. The van der Waals surface area contributed by atoms with Crippen LogP contribution in [0, 0.1) is 6.92 Å². The summed E-state index contributed by atoms with van der Waals surface area (Å²) in [7, 11) is 0. The molecule has 0 saturated heterocycles. The fraction of sp³-hybridized carbons (Fsp3) is 0.765. The fourth-order valence-electron chi connectivity index (χ4n) is 2.20. The quantitative estimate of drug-likeness (QED) is 0.369. The number of guanidine groups is 1. The second kappa shape index (κ2) is 12.3. The lowest BCUT2D eigenvalue weighted by Crippen LogP contribution is -2.38. The number of hydrogen-bond donors (Lipinski definition) is 2. The first-order chi connectivity index (χ1) is 11.2. The first-order valence-corrected chi connectivity index (χ1v) is 9.57. The van der Waals surface area contributed by atoms with Crippen LogP contribution in [0.2, 0.25) is 0 Å². The molecular formula is C17H32N4OS. The number of thiazole rings is 1. The van der Waals surface area contributed by atoms with Crippen molar-refractivity contribution in [1.82, 2.24) is 15.6 Å². The Morgan fingerprint density at radius 3 is 2.70 bits per heavy atom. The highest BCUT2D eigenvalue weighted by molar-refractivity contribution is 7.11. The first-order valence-electron chi connectivity index (χ1n) is 8.76. The van der Waals surface area contributed by atoms with E-state index in [0.29, 0.717) is 0 Å². The van der Waals surface area contributed by atoms with Gasteiger partial charge in [0.25, 0.3) is 0 Å². The third-order valence-electron chi connectivity index (χ3n) is 3.42. The maximum Gasteiger partial charge on any atom is 0.191 e. The molecular weight excluding hydrogens is 308 g/mol. The molecule has 0 unspecified atom stereocenters. The molecule has 0 aliphatic carbocycles. The molecule has 0 fully saturated rings. The van der Waals surface area contributed by atoms with Gasteiger partial charge in [-0.1, -0.05) is 6.92 Å². The van der Waals surface area contributed by atoms with Crippen molar-refractivity contribution < 1.29 is 4.74 Å². The predicted octanol–water partition coefficient (Wildman–Crippen LogP) is 2.93. The fourth-order valence-corrected chi connectivity index (χ4v) is 3.22. The van der Waals surface area contributed by atoms with E-state index in [-0.39, 0.29) is 0 Å². The van der Waals surface area contributed by atoms with E-state index >= 15 is 0 Å². The maximum atomic E-state index is 5.34. The van der Waals surface area contributed by atoms with E-state index in [2.05, 4.69) is 41.4 Å². The van der Waals surface area contributed by atoms with Crippen molar-refractivity contribution in [1.29, 1.82) is 0 Å². The maximum absolute atomic E-state index is 5.34. The Labute approximate surface area is 145 Å². The van der Waals surface area contributed by atoms with Crippen molar-refractivity contribution in [2.45, 2.75) is 53.4 Å². The van der Waals surface area contributed by atoms with Gasteiger partial charge in [-0.2, -0.15) is 0 Å². The van der Waals surface area contributed by atoms with E-state index in [1.165, 1.54) is 15.6 Å². The highest BCUT2D eigenvalue weighted by Crippen LogP contribution is 2.17. The summed E-state index contributed by atoms with van der Waals surface area (Å²) in [5, 5.41) is 7.89. The zero-order chi connectivity index (χ0) is 16.9. The van der Waals surface area contributed by atoms with Crippen LogP contribution in [0.1, 0.15) is 49.2 Å². The van der Waals surface area contributed by atoms with Gasteiger partial charge in [0, 0.05) is 44.1 Å². The summed E-state index contributed by atoms with van der Waals surface area (Å²) in [4.78, 5) is 10.6. The van der Waals surface area contributed by atoms with E-state index in [1.807, 2.05) is 18.3 Å². The summed E-state index contributed by atoms with van der Waals surface area (Å²) < 4.78 is 5.34. The summed E-state index contributed by atoms with van der Waals surface area (Å²) in [6.45, 7) is 12.6. The number of unbranched alkanes of at least 4 members (excludes halogenated alkanes) is 1. The molecule has 132 valence electrons. The Kier molecular flexibility index (Phi) is 10.6. The van der Waals surface area contributed by atoms with Crippen molar-refractivity contribution in [3.63, 3.8) is 0 Å². The molecule has 2 N–H and O–H groups in total. The number of aliphatic imine (C=N–C) groups is 1. The minimum Gasteiger partial charge on any atom is -0.382 e. The van der Waals surface area contributed by atoms with Gasteiger partial charge in [0.05, 0.1) is 10.7 Å². The summed E-state index contributed by atoms with van der Waals surface area (Å²) in [6.07, 6.45) is 4.08. The molecule has 1 rings (SSSR count). The number of rotatable bonds is 11. The van der Waals surface area contributed by atoms with Crippen LogP contribution in [-0.4, -0.2) is 43.8 Å². The molecule has 5 nitrogen and oxygen atoms in total. The largest absolute Gasteiger partial charge is 0.382 e. The van der Waals surface area contributed by atoms with Gasteiger partial charge in [-0.15, -0.1) is 11.3 Å². The predicted molar refractivity (Wildman–Crippen MR) is 99.6 cm³/mol. The Balaban J connectivity index is 2.31. The van der Waals surface area contributed by atoms with E-state index in [9.17, 15) is 0 Å². The SMILES string of the molecule is CCNC(=NCCCCOCC)NCCc1nc(CC)c(C)s1. The van der Waals surface area contributed by atoms with E-state index < -0.39 is 0 Å². The number of aryl methyl sites for hydroxylation is 2. The summed E-state index contributed by atoms with van der Waals surface area (Å²) in [5.74, 6) is 0.896. The molecule has 1 heterocycles. The van der Waals surface area contributed by atoms with Crippen LogP contribution in [0.4, 0.5) is 0 Å². The van der Waals surface area contributed by atoms with Crippen molar-refractivity contribution in [3.05, 3.63) is 15.6 Å². The Hall–Kier alpha value is -1.14. The lowest BCUT2D eigenvalue weighted by Gasteiger charge is -2.10. The van der Waals surface area contributed by atoms with Crippen LogP contribution in [0.25, 0.3) is 0 Å². The van der Waals surface area contributed by atoms with Gasteiger partial charge in [0.2, 0.25) is 0 Å². The van der Waals surface area contributed by atoms with Gasteiger partial charge < -0.3 is 15.4 Å². The second-order valence-electron chi connectivity index (χ2n) is 5.31. The monoisotopic (exact) mass is 340 g/mol. The number of hydrogen-bond acceptors (Lipinski definition) is 4. The Morgan fingerprint density at radius 1 is 1.22 bits per heavy atom. The van der Waals surface area contributed by atoms with E-state index in [1.54, 1.807) is 0 Å². The van der Waals surface area contributed by atoms with Gasteiger partial charge in [0.15, 0.2) is 5.96 Å². The normalized spacial score (nSPS) is 11.7. The minimum atomic E-state index is 0.795. The van der Waals surface area contributed by atoms with Gasteiger partial charge in [-0.25, -0.2) is 4.98 Å². The number of nitrogens with one attached hydrogen (secondary N) is 2. The molecule has 0 radical (unpaired) electrons. The van der Waals surface area contributed by atoms with Crippen molar-refractivity contribution in [3.8, 4) is 0 Å². The third-order valence-corrected chi connectivity index (χ3v) is 4.49. The number of nitrogens with zero attached hydrogens (tertiary/aromatic N) is 2. The standard InChI is InChI=1S/C17H32N4OS/c1-5-15-14(4)23-16(21-15)10-12-20-17(18-6-2)19-11-8-9-13-22-7-3/h5-13H2,1-4H3,(H2,18,19,20). The number of aromatic nitrogens is 1. The minimum absolute atomic E-state index is 0.795. The van der Waals surface area contributed by atoms with Crippen LogP contribution in [0.15, 0.2) is 4.99 Å². The summed E-state index contributed by atoms with van der Waals surface area (Å²) >= 11 is 1.81. The van der Waals surface area contributed by atoms with Gasteiger partial charge in [0.1, 0.15) is 0 Å². The molecule has 0 amide bonds. The molecule has 0 aliphatic rings. The van der Waals surface area contributed by atoms with Gasteiger partial charge >= 0.3 is 0 Å². The molecule has 1 aromatic heterocycles. The highest BCUT2D eigenvalue weighted by atomic mass is 32.1. The lowest BCUT2D eigenvalue weighted by atomic mass is 10.3. The Morgan fingerprint density at radius 2 is 2.04 bits per heavy atom. The molecule has 0 spiro atoms. The molecule has 0 aliphatic heterocycles. The topological polar surface area (TPSA) is 58.5 Å².